The third kappa shape index (κ3) is 3.66. The largest absolute Gasteiger partial charge is 0.324 e. The zero-order chi connectivity index (χ0) is 15.6. The highest BCUT2D eigenvalue weighted by atomic mass is 16.2. The maximum absolute atomic E-state index is 11.9. The van der Waals surface area contributed by atoms with Crippen molar-refractivity contribution in [2.24, 2.45) is 5.73 Å². The lowest BCUT2D eigenvalue weighted by Gasteiger charge is -2.34. The van der Waals surface area contributed by atoms with Crippen LogP contribution in [0.4, 0.5) is 5.69 Å². The van der Waals surface area contributed by atoms with Crippen molar-refractivity contribution in [2.45, 2.75) is 31.8 Å². The summed E-state index contributed by atoms with van der Waals surface area (Å²) in [5.41, 5.74) is 7.40. The number of likely N-dealkylation sites (N-methyl/N-ethyl adjacent to an activating group) is 1. The normalized spacial score (nSPS) is 21.5. The summed E-state index contributed by atoms with van der Waals surface area (Å²) in [6.07, 6.45) is 1.58. The van der Waals surface area contributed by atoms with Gasteiger partial charge in [-0.25, -0.2) is 0 Å². The van der Waals surface area contributed by atoms with Crippen molar-refractivity contribution in [1.29, 1.82) is 0 Å². The molecule has 1 aromatic carbocycles. The van der Waals surface area contributed by atoms with Gasteiger partial charge in [-0.3, -0.25) is 9.69 Å². The Kier molecular flexibility index (Phi) is 4.47. The van der Waals surface area contributed by atoms with E-state index in [1.54, 1.807) is 0 Å². The number of anilines is 1. The molecule has 1 heterocycles. The zero-order valence-corrected chi connectivity index (χ0v) is 13.3. The van der Waals surface area contributed by atoms with Crippen LogP contribution in [0.3, 0.4) is 0 Å². The van der Waals surface area contributed by atoms with E-state index in [1.807, 2.05) is 12.1 Å². The Hall–Kier alpha value is -1.43. The van der Waals surface area contributed by atoms with Gasteiger partial charge < -0.3 is 16.0 Å². The fourth-order valence-corrected chi connectivity index (χ4v) is 2.83. The Labute approximate surface area is 132 Å². The van der Waals surface area contributed by atoms with Gasteiger partial charge in [0.25, 0.3) is 0 Å². The fraction of sp³-hybridized carbons (Fsp3) is 0.588. The molecule has 120 valence electrons. The highest BCUT2D eigenvalue weighted by molar-refractivity contribution is 6.00. The van der Waals surface area contributed by atoms with Crippen LogP contribution in [-0.4, -0.2) is 54.0 Å². The van der Waals surface area contributed by atoms with E-state index in [0.29, 0.717) is 0 Å². The molecular weight excluding hydrogens is 276 g/mol. The molecule has 5 heteroatoms. The third-order valence-electron chi connectivity index (χ3n) is 4.77. The standard InChI is InChI=1S/C17H26N4O/c1-2-20-9-11-21(12-10-20)13-14-3-5-15(6-4-14)19-16(22)17(18)7-8-17/h3-6H,2,7-13,18H2,1H3,(H,19,22). The first-order valence-corrected chi connectivity index (χ1v) is 8.23. The van der Waals surface area contributed by atoms with Crippen molar-refractivity contribution in [3.8, 4) is 0 Å². The third-order valence-corrected chi connectivity index (χ3v) is 4.77. The number of rotatable bonds is 5. The molecule has 1 saturated carbocycles. The maximum Gasteiger partial charge on any atom is 0.244 e. The molecule has 2 fully saturated rings. The lowest BCUT2D eigenvalue weighted by molar-refractivity contribution is -0.118. The van der Waals surface area contributed by atoms with Gasteiger partial charge in [0, 0.05) is 38.4 Å². The molecule has 3 rings (SSSR count). The second-order valence-corrected chi connectivity index (χ2v) is 6.52. The van der Waals surface area contributed by atoms with E-state index in [4.69, 9.17) is 5.73 Å². The van der Waals surface area contributed by atoms with Gasteiger partial charge in [0.05, 0.1) is 5.54 Å². The molecule has 5 nitrogen and oxygen atoms in total. The number of carbonyl (C=O) groups is 1. The monoisotopic (exact) mass is 302 g/mol. The van der Waals surface area contributed by atoms with Crippen LogP contribution in [0.5, 0.6) is 0 Å². The van der Waals surface area contributed by atoms with Crippen LogP contribution >= 0.6 is 0 Å². The smallest absolute Gasteiger partial charge is 0.244 e. The summed E-state index contributed by atoms with van der Waals surface area (Å²) in [7, 11) is 0. The molecular formula is C17H26N4O. The van der Waals surface area contributed by atoms with Gasteiger partial charge in [-0.1, -0.05) is 19.1 Å². The molecule has 1 saturated heterocycles. The van der Waals surface area contributed by atoms with Crippen molar-refractivity contribution in [3.05, 3.63) is 29.8 Å². The highest BCUT2D eigenvalue weighted by Crippen LogP contribution is 2.33. The number of hydrogen-bond donors (Lipinski definition) is 2. The SMILES string of the molecule is CCN1CCN(Cc2ccc(NC(=O)C3(N)CC3)cc2)CC1. The first kappa shape index (κ1) is 15.5. The minimum Gasteiger partial charge on any atom is -0.324 e. The number of nitrogens with zero attached hydrogens (tertiary/aromatic N) is 2. The lowest BCUT2D eigenvalue weighted by Crippen LogP contribution is -2.45. The van der Waals surface area contributed by atoms with Crippen LogP contribution in [0.1, 0.15) is 25.3 Å². The number of benzene rings is 1. The van der Waals surface area contributed by atoms with Crippen molar-refractivity contribution < 1.29 is 4.79 Å². The average molecular weight is 302 g/mol. The average Bonchev–Trinajstić information content (AvgIpc) is 3.29. The molecule has 2 aliphatic rings. The number of amides is 1. The Balaban J connectivity index is 1.50. The van der Waals surface area contributed by atoms with E-state index in [9.17, 15) is 4.79 Å². The molecule has 0 unspecified atom stereocenters. The summed E-state index contributed by atoms with van der Waals surface area (Å²) in [6, 6.07) is 8.14. The predicted octanol–water partition coefficient (Wildman–Crippen LogP) is 1.25. The fourth-order valence-electron chi connectivity index (χ4n) is 2.83. The second-order valence-electron chi connectivity index (χ2n) is 6.52. The molecule has 0 aromatic heterocycles. The molecule has 0 atom stereocenters. The Morgan fingerprint density at radius 3 is 2.27 bits per heavy atom. The number of piperazine rings is 1. The van der Waals surface area contributed by atoms with Gasteiger partial charge in [0.1, 0.15) is 0 Å². The Morgan fingerprint density at radius 2 is 1.73 bits per heavy atom. The van der Waals surface area contributed by atoms with Crippen LogP contribution in [0.25, 0.3) is 0 Å². The van der Waals surface area contributed by atoms with Crippen molar-refractivity contribution >= 4 is 11.6 Å². The molecule has 22 heavy (non-hydrogen) atoms. The predicted molar refractivity (Wildman–Crippen MR) is 88.6 cm³/mol. The number of hydrogen-bond acceptors (Lipinski definition) is 4. The van der Waals surface area contributed by atoms with Crippen molar-refractivity contribution in [1.82, 2.24) is 9.80 Å². The molecule has 3 N–H and O–H groups in total. The first-order chi connectivity index (χ1) is 10.6. The number of carbonyl (C=O) groups excluding carboxylic acids is 1. The van der Waals surface area contributed by atoms with Crippen LogP contribution in [-0.2, 0) is 11.3 Å². The summed E-state index contributed by atoms with van der Waals surface area (Å²) < 4.78 is 0. The van der Waals surface area contributed by atoms with E-state index < -0.39 is 5.54 Å². The quantitative estimate of drug-likeness (QED) is 0.859. The molecule has 1 aromatic rings. The Morgan fingerprint density at radius 1 is 1.14 bits per heavy atom. The zero-order valence-electron chi connectivity index (χ0n) is 13.3. The molecule has 1 aliphatic carbocycles. The summed E-state index contributed by atoms with van der Waals surface area (Å²) >= 11 is 0. The summed E-state index contributed by atoms with van der Waals surface area (Å²) in [6.45, 7) is 8.91. The van der Waals surface area contributed by atoms with Gasteiger partial charge in [-0.15, -0.1) is 0 Å². The Bertz CT molecular complexity index is 516. The van der Waals surface area contributed by atoms with Crippen molar-refractivity contribution in [3.63, 3.8) is 0 Å². The van der Waals surface area contributed by atoms with Gasteiger partial charge >= 0.3 is 0 Å². The van der Waals surface area contributed by atoms with Crippen LogP contribution in [0.2, 0.25) is 0 Å². The highest BCUT2D eigenvalue weighted by Gasteiger charge is 2.45. The van der Waals surface area contributed by atoms with Crippen LogP contribution in [0, 0.1) is 0 Å². The topological polar surface area (TPSA) is 61.6 Å². The summed E-state index contributed by atoms with van der Waals surface area (Å²) in [4.78, 5) is 16.9. The maximum atomic E-state index is 11.9. The van der Waals surface area contributed by atoms with Gasteiger partial charge in [0.15, 0.2) is 0 Å². The minimum atomic E-state index is -0.613. The van der Waals surface area contributed by atoms with E-state index in [0.717, 1.165) is 57.8 Å². The van der Waals surface area contributed by atoms with E-state index in [2.05, 4.69) is 34.2 Å². The second kappa shape index (κ2) is 6.36. The van der Waals surface area contributed by atoms with Gasteiger partial charge in [-0.05, 0) is 37.1 Å². The van der Waals surface area contributed by atoms with Crippen LogP contribution in [0.15, 0.2) is 24.3 Å². The van der Waals surface area contributed by atoms with E-state index in [1.165, 1.54) is 5.56 Å². The lowest BCUT2D eigenvalue weighted by atomic mass is 10.1. The van der Waals surface area contributed by atoms with Crippen LogP contribution < -0.4 is 11.1 Å². The number of nitrogens with two attached hydrogens (primary N) is 1. The molecule has 1 aliphatic heterocycles. The van der Waals surface area contributed by atoms with Gasteiger partial charge in [0.2, 0.25) is 5.91 Å². The molecule has 1 amide bonds. The number of nitrogens with one attached hydrogen (secondary N) is 1. The first-order valence-electron chi connectivity index (χ1n) is 8.23. The minimum absolute atomic E-state index is 0.0593. The van der Waals surface area contributed by atoms with Crippen molar-refractivity contribution in [2.75, 3.05) is 38.0 Å². The molecule has 0 bridgehead atoms. The van der Waals surface area contributed by atoms with E-state index >= 15 is 0 Å². The summed E-state index contributed by atoms with van der Waals surface area (Å²) in [5.74, 6) is -0.0593. The van der Waals surface area contributed by atoms with Gasteiger partial charge in [-0.2, -0.15) is 0 Å². The molecule has 0 radical (unpaired) electrons. The summed E-state index contributed by atoms with van der Waals surface area (Å²) in [5, 5.41) is 2.90. The van der Waals surface area contributed by atoms with E-state index in [-0.39, 0.29) is 5.91 Å². The molecule has 0 spiro atoms.